The van der Waals surface area contributed by atoms with E-state index in [9.17, 15) is 18.4 Å². The van der Waals surface area contributed by atoms with Crippen molar-refractivity contribution < 1.29 is 27.8 Å². The molecule has 0 saturated heterocycles. The van der Waals surface area contributed by atoms with E-state index >= 15 is 0 Å². The highest BCUT2D eigenvalue weighted by Crippen LogP contribution is 2.28. The van der Waals surface area contributed by atoms with Gasteiger partial charge < -0.3 is 14.8 Å². The van der Waals surface area contributed by atoms with Crippen LogP contribution in [0.2, 0.25) is 0 Å². The molecule has 1 aliphatic carbocycles. The lowest BCUT2D eigenvalue weighted by Crippen LogP contribution is -2.21. The molecule has 0 aliphatic heterocycles. The molecule has 1 fully saturated rings. The van der Waals surface area contributed by atoms with E-state index < -0.39 is 12.5 Å². The van der Waals surface area contributed by atoms with E-state index in [1.165, 1.54) is 49.9 Å². The monoisotopic (exact) mass is 341 g/mol. The number of carbonyl (C=O) groups excluding carboxylic acids is 2. The summed E-state index contributed by atoms with van der Waals surface area (Å²) in [5.41, 5.74) is 0.406. The summed E-state index contributed by atoms with van der Waals surface area (Å²) in [6.07, 6.45) is 5.92. The summed E-state index contributed by atoms with van der Waals surface area (Å²) in [6, 6.07) is 5.49. The van der Waals surface area contributed by atoms with Crippen molar-refractivity contribution in [2.45, 2.75) is 45.1 Å². The van der Waals surface area contributed by atoms with E-state index in [1.807, 2.05) is 0 Å². The maximum absolute atomic E-state index is 12.0. The molecule has 0 unspecified atom stereocenters. The van der Waals surface area contributed by atoms with Gasteiger partial charge in [0.1, 0.15) is 5.75 Å². The highest BCUT2D eigenvalue weighted by atomic mass is 19.3. The minimum Gasteiger partial charge on any atom is -0.456 e. The summed E-state index contributed by atoms with van der Waals surface area (Å²) in [7, 11) is 0. The van der Waals surface area contributed by atoms with Crippen LogP contribution in [0.25, 0.3) is 0 Å². The van der Waals surface area contributed by atoms with Gasteiger partial charge in [-0.3, -0.25) is 9.59 Å². The second-order valence-corrected chi connectivity index (χ2v) is 5.80. The van der Waals surface area contributed by atoms with Gasteiger partial charge in [-0.25, -0.2) is 0 Å². The first-order valence-electron chi connectivity index (χ1n) is 8.03. The molecule has 1 aromatic carbocycles. The average Bonchev–Trinajstić information content (AvgIpc) is 3.06. The van der Waals surface area contributed by atoms with Crippen molar-refractivity contribution in [1.82, 2.24) is 0 Å². The lowest BCUT2D eigenvalue weighted by Gasteiger charge is -2.09. The smallest absolute Gasteiger partial charge is 0.387 e. The fourth-order valence-electron chi connectivity index (χ4n) is 2.76. The SMILES string of the molecule is O=C(COC(=O)CCC1CCCC1)Nc1ccc(OC(F)F)cc1. The number of esters is 1. The molecule has 0 spiro atoms. The molecule has 0 aromatic heterocycles. The number of nitrogens with one attached hydrogen (secondary N) is 1. The van der Waals surface area contributed by atoms with Crippen molar-refractivity contribution in [3.63, 3.8) is 0 Å². The predicted molar refractivity (Wildman–Crippen MR) is 83.9 cm³/mol. The maximum Gasteiger partial charge on any atom is 0.387 e. The van der Waals surface area contributed by atoms with Gasteiger partial charge in [0.05, 0.1) is 0 Å². The number of benzene rings is 1. The standard InChI is InChI=1S/C17H21F2NO4/c18-17(19)24-14-8-6-13(7-9-14)20-15(21)11-23-16(22)10-5-12-3-1-2-4-12/h6-9,12,17H,1-5,10-11H2,(H,20,21). The fourth-order valence-corrected chi connectivity index (χ4v) is 2.76. The van der Waals surface area contributed by atoms with Gasteiger partial charge >= 0.3 is 12.6 Å². The molecule has 0 bridgehead atoms. The van der Waals surface area contributed by atoms with Crippen LogP contribution in [0.5, 0.6) is 5.75 Å². The number of amides is 1. The summed E-state index contributed by atoms with van der Waals surface area (Å²) >= 11 is 0. The first-order chi connectivity index (χ1) is 11.5. The fraction of sp³-hybridized carbons (Fsp3) is 0.529. The zero-order valence-electron chi connectivity index (χ0n) is 13.3. The molecule has 1 aromatic rings. The Kier molecular flexibility index (Phi) is 6.96. The molecule has 0 atom stereocenters. The number of hydrogen-bond donors (Lipinski definition) is 1. The molecule has 24 heavy (non-hydrogen) atoms. The number of halogens is 2. The molecule has 7 heteroatoms. The first kappa shape index (κ1) is 18.2. The Hall–Kier alpha value is -2.18. The molecule has 2 rings (SSSR count). The molecule has 0 radical (unpaired) electrons. The molecule has 132 valence electrons. The van der Waals surface area contributed by atoms with Gasteiger partial charge in [-0.2, -0.15) is 8.78 Å². The first-order valence-corrected chi connectivity index (χ1v) is 8.03. The topological polar surface area (TPSA) is 64.6 Å². The van der Waals surface area contributed by atoms with Crippen molar-refractivity contribution in [1.29, 1.82) is 0 Å². The van der Waals surface area contributed by atoms with Gasteiger partial charge in [-0.1, -0.05) is 25.7 Å². The number of hydrogen-bond acceptors (Lipinski definition) is 4. The van der Waals surface area contributed by atoms with Crippen LogP contribution in [0, 0.1) is 5.92 Å². The van der Waals surface area contributed by atoms with Crippen molar-refractivity contribution >= 4 is 17.6 Å². The normalized spacial score (nSPS) is 14.6. The Morgan fingerprint density at radius 1 is 1.17 bits per heavy atom. The molecular formula is C17H21F2NO4. The summed E-state index contributed by atoms with van der Waals surface area (Å²) in [6.45, 7) is -3.26. The van der Waals surface area contributed by atoms with Gasteiger partial charge in [-0.15, -0.1) is 0 Å². The average molecular weight is 341 g/mol. The Labute approximate surface area is 139 Å². The number of carbonyl (C=O) groups is 2. The lowest BCUT2D eigenvalue weighted by atomic mass is 10.0. The summed E-state index contributed by atoms with van der Waals surface area (Å²) in [5, 5.41) is 2.52. The minimum atomic E-state index is -2.89. The molecule has 0 heterocycles. The molecule has 1 N–H and O–H groups in total. The lowest BCUT2D eigenvalue weighted by molar-refractivity contribution is -0.147. The van der Waals surface area contributed by atoms with Gasteiger partial charge in [0.25, 0.3) is 5.91 Å². The van der Waals surface area contributed by atoms with Crippen LogP contribution >= 0.6 is 0 Å². The highest BCUT2D eigenvalue weighted by Gasteiger charge is 2.17. The van der Waals surface area contributed by atoms with Crippen molar-refractivity contribution in [2.75, 3.05) is 11.9 Å². The van der Waals surface area contributed by atoms with Crippen LogP contribution in [0.4, 0.5) is 14.5 Å². The van der Waals surface area contributed by atoms with Crippen LogP contribution in [-0.4, -0.2) is 25.1 Å². The summed E-state index contributed by atoms with van der Waals surface area (Å²) in [4.78, 5) is 23.3. The second-order valence-electron chi connectivity index (χ2n) is 5.80. The van der Waals surface area contributed by atoms with Crippen LogP contribution in [0.1, 0.15) is 38.5 Å². The Morgan fingerprint density at radius 2 is 1.83 bits per heavy atom. The van der Waals surface area contributed by atoms with E-state index in [-0.39, 0.29) is 18.3 Å². The molecule has 1 amide bonds. The van der Waals surface area contributed by atoms with Gasteiger partial charge in [0.15, 0.2) is 6.61 Å². The summed E-state index contributed by atoms with van der Waals surface area (Å²) in [5.74, 6) is -0.258. The van der Waals surface area contributed by atoms with Crippen LogP contribution in [0.3, 0.4) is 0 Å². The van der Waals surface area contributed by atoms with Crippen LogP contribution in [0.15, 0.2) is 24.3 Å². The molecule has 5 nitrogen and oxygen atoms in total. The third-order valence-electron chi connectivity index (χ3n) is 3.96. The van der Waals surface area contributed by atoms with Crippen LogP contribution in [-0.2, 0) is 14.3 Å². The zero-order valence-corrected chi connectivity index (χ0v) is 13.3. The summed E-state index contributed by atoms with van der Waals surface area (Å²) < 4.78 is 33.2. The third-order valence-corrected chi connectivity index (χ3v) is 3.96. The van der Waals surface area contributed by atoms with E-state index in [0.717, 1.165) is 6.42 Å². The van der Waals surface area contributed by atoms with Crippen molar-refractivity contribution in [3.8, 4) is 5.75 Å². The van der Waals surface area contributed by atoms with E-state index in [1.54, 1.807) is 0 Å². The third kappa shape index (κ3) is 6.52. The van der Waals surface area contributed by atoms with Gasteiger partial charge in [0.2, 0.25) is 0 Å². The van der Waals surface area contributed by atoms with Crippen molar-refractivity contribution in [3.05, 3.63) is 24.3 Å². The molecular weight excluding hydrogens is 320 g/mol. The van der Waals surface area contributed by atoms with Gasteiger partial charge in [0, 0.05) is 12.1 Å². The Balaban J connectivity index is 1.65. The Morgan fingerprint density at radius 3 is 2.46 bits per heavy atom. The number of ether oxygens (including phenoxy) is 2. The van der Waals surface area contributed by atoms with Gasteiger partial charge in [-0.05, 0) is 36.6 Å². The molecule has 1 aliphatic rings. The maximum atomic E-state index is 12.0. The zero-order chi connectivity index (χ0) is 17.4. The minimum absolute atomic E-state index is 0.00124. The van der Waals surface area contributed by atoms with E-state index in [2.05, 4.69) is 10.1 Å². The second kappa shape index (κ2) is 9.20. The van der Waals surface area contributed by atoms with E-state index in [4.69, 9.17) is 4.74 Å². The highest BCUT2D eigenvalue weighted by molar-refractivity contribution is 5.92. The number of alkyl halides is 2. The van der Waals surface area contributed by atoms with Crippen LogP contribution < -0.4 is 10.1 Å². The van der Waals surface area contributed by atoms with E-state index in [0.29, 0.717) is 18.0 Å². The van der Waals surface area contributed by atoms with Crippen molar-refractivity contribution in [2.24, 2.45) is 5.92 Å². The molecule has 1 saturated carbocycles. The largest absolute Gasteiger partial charge is 0.456 e. The number of rotatable bonds is 8. The predicted octanol–water partition coefficient (Wildman–Crippen LogP) is 3.74. The number of anilines is 1. The quantitative estimate of drug-likeness (QED) is 0.732. The Bertz CT molecular complexity index is 542.